The van der Waals surface area contributed by atoms with E-state index < -0.39 is 0 Å². The van der Waals surface area contributed by atoms with Crippen LogP contribution in [0.5, 0.6) is 0 Å². The molecule has 0 radical (unpaired) electrons. The quantitative estimate of drug-likeness (QED) is 0.502. The lowest BCUT2D eigenvalue weighted by atomic mass is 10.1. The van der Waals surface area contributed by atoms with Gasteiger partial charge < -0.3 is 20.3 Å². The van der Waals surface area contributed by atoms with Gasteiger partial charge in [0.2, 0.25) is 11.9 Å². The van der Waals surface area contributed by atoms with E-state index in [1.54, 1.807) is 0 Å². The molecule has 34 heavy (non-hydrogen) atoms. The van der Waals surface area contributed by atoms with Crippen molar-refractivity contribution in [3.63, 3.8) is 0 Å². The number of allylic oxidation sites excluding steroid dienone is 1. The maximum absolute atomic E-state index is 13.0. The summed E-state index contributed by atoms with van der Waals surface area (Å²) >= 11 is 1.42. The van der Waals surface area contributed by atoms with Crippen LogP contribution in [0.1, 0.15) is 18.1 Å². The Balaban J connectivity index is 1.32. The first-order valence-corrected chi connectivity index (χ1v) is 12.3. The maximum atomic E-state index is 13.0. The largest absolute Gasteiger partial charge is 0.378 e. The van der Waals surface area contributed by atoms with E-state index in [0.717, 1.165) is 53.3 Å². The molecule has 1 amide bonds. The van der Waals surface area contributed by atoms with Gasteiger partial charge >= 0.3 is 0 Å². The standard InChI is InChI=1S/C25H28N6O2S/c1-17-14-20-8-9-21(15-22(20)26-17)27-23(32)18(2)34-25-29-28-24(30-10-12-33-13-11-30)31(25)16-19-6-4-3-5-7-19/h3-9,15,18,26H,1,10-14,16H2,2H3,(H,27,32). The Labute approximate surface area is 203 Å². The molecular formula is C25H28N6O2S. The van der Waals surface area contributed by atoms with Crippen molar-refractivity contribution in [2.45, 2.75) is 30.3 Å². The SMILES string of the molecule is C=C1Cc2ccc(NC(=O)C(C)Sc3nnc(N4CCOCC4)n3Cc3ccccc3)cc2N1. The number of nitrogens with one attached hydrogen (secondary N) is 2. The molecule has 2 aliphatic heterocycles. The summed E-state index contributed by atoms with van der Waals surface area (Å²) in [5.74, 6) is 0.733. The predicted octanol–water partition coefficient (Wildman–Crippen LogP) is 3.76. The molecule has 1 saturated heterocycles. The number of amides is 1. The minimum absolute atomic E-state index is 0.0797. The van der Waals surface area contributed by atoms with Crippen LogP contribution in [0.2, 0.25) is 0 Å². The molecule has 8 nitrogen and oxygen atoms in total. The first kappa shape index (κ1) is 22.5. The molecule has 3 heterocycles. The van der Waals surface area contributed by atoms with Crippen LogP contribution in [0.3, 0.4) is 0 Å². The molecule has 0 saturated carbocycles. The fourth-order valence-electron chi connectivity index (χ4n) is 4.11. The van der Waals surface area contributed by atoms with Gasteiger partial charge in [-0.05, 0) is 30.2 Å². The van der Waals surface area contributed by atoms with Crippen molar-refractivity contribution < 1.29 is 9.53 Å². The number of benzene rings is 2. The predicted molar refractivity (Wildman–Crippen MR) is 135 cm³/mol. The van der Waals surface area contributed by atoms with Crippen LogP contribution in [-0.4, -0.2) is 52.2 Å². The van der Waals surface area contributed by atoms with Gasteiger partial charge in [-0.2, -0.15) is 0 Å². The first-order valence-electron chi connectivity index (χ1n) is 11.4. The van der Waals surface area contributed by atoms with Gasteiger partial charge in [-0.1, -0.05) is 54.7 Å². The minimum atomic E-state index is -0.354. The molecule has 0 aliphatic carbocycles. The number of carbonyl (C=O) groups excluding carboxylic acids is 1. The van der Waals surface area contributed by atoms with Crippen molar-refractivity contribution >= 4 is 35.0 Å². The molecule has 0 bridgehead atoms. The van der Waals surface area contributed by atoms with Crippen LogP contribution in [0.25, 0.3) is 0 Å². The average molecular weight is 477 g/mol. The van der Waals surface area contributed by atoms with Gasteiger partial charge in [0.25, 0.3) is 0 Å². The summed E-state index contributed by atoms with van der Waals surface area (Å²) < 4.78 is 7.60. The Morgan fingerprint density at radius 3 is 2.79 bits per heavy atom. The number of hydrogen-bond donors (Lipinski definition) is 2. The number of morpholine rings is 1. The third-order valence-corrected chi connectivity index (χ3v) is 7.00. The van der Waals surface area contributed by atoms with Gasteiger partial charge in [-0.25, -0.2) is 0 Å². The van der Waals surface area contributed by atoms with E-state index in [0.29, 0.717) is 19.8 Å². The summed E-state index contributed by atoms with van der Waals surface area (Å²) in [6, 6.07) is 16.1. The highest BCUT2D eigenvalue weighted by atomic mass is 32.2. The van der Waals surface area contributed by atoms with E-state index in [9.17, 15) is 4.79 Å². The van der Waals surface area contributed by atoms with E-state index in [4.69, 9.17) is 4.74 Å². The minimum Gasteiger partial charge on any atom is -0.378 e. The van der Waals surface area contributed by atoms with Crippen molar-refractivity contribution in [2.24, 2.45) is 0 Å². The van der Waals surface area contributed by atoms with Crippen LogP contribution in [0, 0.1) is 0 Å². The number of fused-ring (bicyclic) bond motifs is 1. The highest BCUT2D eigenvalue weighted by molar-refractivity contribution is 8.00. The lowest BCUT2D eigenvalue weighted by Gasteiger charge is -2.28. The lowest BCUT2D eigenvalue weighted by Crippen LogP contribution is -2.38. The Hall–Kier alpha value is -3.30. The van der Waals surface area contributed by atoms with Crippen molar-refractivity contribution in [3.05, 3.63) is 71.9 Å². The zero-order chi connectivity index (χ0) is 23.5. The molecule has 1 atom stereocenters. The van der Waals surface area contributed by atoms with E-state index in [2.05, 4.69) is 49.0 Å². The molecule has 176 valence electrons. The summed E-state index contributed by atoms with van der Waals surface area (Å²) in [4.78, 5) is 15.2. The monoisotopic (exact) mass is 476 g/mol. The molecular weight excluding hydrogens is 448 g/mol. The first-order chi connectivity index (χ1) is 16.6. The summed E-state index contributed by atoms with van der Waals surface area (Å²) in [6.07, 6.45) is 0.818. The highest BCUT2D eigenvalue weighted by Gasteiger charge is 2.24. The molecule has 1 unspecified atom stereocenters. The molecule has 2 aromatic carbocycles. The second-order valence-electron chi connectivity index (χ2n) is 8.48. The average Bonchev–Trinajstić information content (AvgIpc) is 3.42. The summed E-state index contributed by atoms with van der Waals surface area (Å²) in [7, 11) is 0. The van der Waals surface area contributed by atoms with Crippen LogP contribution in [-0.2, 0) is 22.5 Å². The summed E-state index contributed by atoms with van der Waals surface area (Å²) in [6.45, 7) is 9.39. The fourth-order valence-corrected chi connectivity index (χ4v) is 4.96. The summed E-state index contributed by atoms with van der Waals surface area (Å²) in [5, 5.41) is 15.6. The van der Waals surface area contributed by atoms with Gasteiger partial charge in [-0.3, -0.25) is 9.36 Å². The molecule has 3 aromatic rings. The van der Waals surface area contributed by atoms with Gasteiger partial charge in [0.1, 0.15) is 0 Å². The van der Waals surface area contributed by atoms with Crippen molar-refractivity contribution in [1.29, 1.82) is 0 Å². The van der Waals surface area contributed by atoms with E-state index in [1.807, 2.05) is 43.3 Å². The number of rotatable bonds is 7. The van der Waals surface area contributed by atoms with E-state index in [1.165, 1.54) is 17.3 Å². The number of anilines is 3. The Kier molecular flexibility index (Phi) is 6.55. The Bertz CT molecular complexity index is 1190. The molecule has 2 N–H and O–H groups in total. The molecule has 1 aromatic heterocycles. The van der Waals surface area contributed by atoms with Gasteiger partial charge in [0, 0.05) is 36.6 Å². The van der Waals surface area contributed by atoms with Crippen LogP contribution in [0.4, 0.5) is 17.3 Å². The fraction of sp³-hybridized carbons (Fsp3) is 0.320. The number of nitrogens with zero attached hydrogens (tertiary/aromatic N) is 4. The number of aromatic nitrogens is 3. The topological polar surface area (TPSA) is 84.3 Å². The second-order valence-corrected chi connectivity index (χ2v) is 9.79. The number of carbonyl (C=O) groups is 1. The van der Waals surface area contributed by atoms with Crippen LogP contribution in [0.15, 0.2) is 66.0 Å². The normalized spacial score (nSPS) is 16.1. The number of hydrogen-bond acceptors (Lipinski definition) is 7. The van der Waals surface area contributed by atoms with Crippen LogP contribution >= 0.6 is 11.8 Å². The Morgan fingerprint density at radius 1 is 1.21 bits per heavy atom. The lowest BCUT2D eigenvalue weighted by molar-refractivity contribution is -0.115. The van der Waals surface area contributed by atoms with E-state index in [-0.39, 0.29) is 11.2 Å². The zero-order valence-corrected chi connectivity index (χ0v) is 20.0. The molecule has 1 fully saturated rings. The van der Waals surface area contributed by atoms with Crippen molar-refractivity contribution in [3.8, 4) is 0 Å². The van der Waals surface area contributed by atoms with Crippen molar-refractivity contribution in [1.82, 2.24) is 14.8 Å². The highest BCUT2D eigenvalue weighted by Crippen LogP contribution is 2.31. The molecule has 9 heteroatoms. The van der Waals surface area contributed by atoms with Gasteiger partial charge in [0.05, 0.1) is 25.0 Å². The number of ether oxygens (including phenoxy) is 1. The smallest absolute Gasteiger partial charge is 0.237 e. The maximum Gasteiger partial charge on any atom is 0.237 e. The van der Waals surface area contributed by atoms with Gasteiger partial charge in [-0.15, -0.1) is 10.2 Å². The summed E-state index contributed by atoms with van der Waals surface area (Å²) in [5.41, 5.74) is 5.08. The molecule has 5 rings (SSSR count). The van der Waals surface area contributed by atoms with Gasteiger partial charge in [0.15, 0.2) is 5.16 Å². The molecule has 2 aliphatic rings. The van der Waals surface area contributed by atoms with E-state index >= 15 is 0 Å². The van der Waals surface area contributed by atoms with Crippen molar-refractivity contribution in [2.75, 3.05) is 41.8 Å². The third kappa shape index (κ3) is 4.95. The third-order valence-electron chi connectivity index (χ3n) is 5.92. The van der Waals surface area contributed by atoms with Crippen LogP contribution < -0.4 is 15.5 Å². The Morgan fingerprint density at radius 2 is 2.00 bits per heavy atom. The second kappa shape index (κ2) is 9.90. The molecule has 0 spiro atoms. The zero-order valence-electron chi connectivity index (χ0n) is 19.2. The number of thioether (sulfide) groups is 1.